The predicted octanol–water partition coefficient (Wildman–Crippen LogP) is 4.89. The molecule has 1 N–H and O–H groups in total. The third-order valence-corrected chi connectivity index (χ3v) is 5.79. The highest BCUT2D eigenvalue weighted by atomic mass is 35.5. The van der Waals surface area contributed by atoms with Crippen LogP contribution in [-0.4, -0.2) is 22.7 Å². The number of hydrogen-bond donors (Lipinski definition) is 1. The minimum Gasteiger partial charge on any atom is -0.450 e. The predicted molar refractivity (Wildman–Crippen MR) is 118 cm³/mol. The van der Waals surface area contributed by atoms with E-state index in [1.807, 2.05) is 42.5 Å². The van der Waals surface area contributed by atoms with Crippen LogP contribution in [0.25, 0.3) is 6.08 Å². The highest BCUT2D eigenvalue weighted by Crippen LogP contribution is 2.27. The number of thioether (sulfide) groups is 1. The fourth-order valence-electron chi connectivity index (χ4n) is 2.97. The van der Waals surface area contributed by atoms with Crippen molar-refractivity contribution in [1.29, 1.82) is 0 Å². The summed E-state index contributed by atoms with van der Waals surface area (Å²) in [5.74, 6) is -0.374. The quantitative estimate of drug-likeness (QED) is 0.327. The lowest BCUT2D eigenvalue weighted by Gasteiger charge is -2.26. The van der Waals surface area contributed by atoms with Crippen LogP contribution in [0.5, 0.6) is 0 Å². The summed E-state index contributed by atoms with van der Waals surface area (Å²) in [5, 5.41) is 3.53. The minimum absolute atomic E-state index is 0.0659. The number of nitrogens with one attached hydrogen (secondary N) is 1. The zero-order chi connectivity index (χ0) is 21.8. The number of barbiturate groups is 1. The van der Waals surface area contributed by atoms with Crippen LogP contribution in [0.3, 0.4) is 0 Å². The van der Waals surface area contributed by atoms with Crippen LogP contribution in [0.1, 0.15) is 16.9 Å². The number of benzene rings is 2. The van der Waals surface area contributed by atoms with Gasteiger partial charge in [0.25, 0.3) is 11.8 Å². The van der Waals surface area contributed by atoms with Gasteiger partial charge < -0.3 is 4.42 Å². The fourth-order valence-corrected chi connectivity index (χ4v) is 3.92. The Labute approximate surface area is 187 Å². The molecule has 6 nitrogen and oxygen atoms in total. The Bertz CT molecular complexity index is 1160. The lowest BCUT2D eigenvalue weighted by atomic mass is 10.1. The zero-order valence-corrected chi connectivity index (χ0v) is 17.8. The Balaban J connectivity index is 1.47. The maximum atomic E-state index is 12.8. The number of amides is 4. The number of rotatable bonds is 6. The average molecular weight is 453 g/mol. The van der Waals surface area contributed by atoms with Gasteiger partial charge in [0.05, 0.1) is 6.54 Å². The number of carbonyl (C=O) groups is 3. The summed E-state index contributed by atoms with van der Waals surface area (Å²) in [7, 11) is 0. The summed E-state index contributed by atoms with van der Waals surface area (Å²) < 4.78 is 5.73. The van der Waals surface area contributed by atoms with E-state index in [-0.39, 0.29) is 12.1 Å². The van der Waals surface area contributed by atoms with Crippen molar-refractivity contribution < 1.29 is 18.8 Å². The second kappa shape index (κ2) is 9.24. The Morgan fingerprint density at radius 2 is 1.68 bits per heavy atom. The van der Waals surface area contributed by atoms with Crippen LogP contribution >= 0.6 is 23.4 Å². The van der Waals surface area contributed by atoms with Crippen LogP contribution < -0.4 is 5.32 Å². The lowest BCUT2D eigenvalue weighted by molar-refractivity contribution is -0.130. The average Bonchev–Trinajstić information content (AvgIpc) is 3.22. The number of hydrogen-bond acceptors (Lipinski definition) is 5. The topological polar surface area (TPSA) is 79.6 Å². The molecule has 1 aliphatic heterocycles. The summed E-state index contributed by atoms with van der Waals surface area (Å²) in [5.41, 5.74) is 1.71. The van der Waals surface area contributed by atoms with E-state index in [1.54, 1.807) is 24.3 Å². The van der Waals surface area contributed by atoms with Crippen LogP contribution in [0, 0.1) is 0 Å². The molecule has 2 aromatic carbocycles. The van der Waals surface area contributed by atoms with Gasteiger partial charge in [-0.2, -0.15) is 0 Å². The van der Waals surface area contributed by atoms with Crippen molar-refractivity contribution in [3.05, 3.63) is 94.2 Å². The Hall–Kier alpha value is -3.29. The van der Waals surface area contributed by atoms with E-state index in [9.17, 15) is 14.4 Å². The molecule has 1 saturated heterocycles. The van der Waals surface area contributed by atoms with Gasteiger partial charge in [0, 0.05) is 10.8 Å². The van der Waals surface area contributed by atoms with Crippen molar-refractivity contribution in [3.8, 4) is 0 Å². The molecule has 0 bridgehead atoms. The third kappa shape index (κ3) is 5.07. The summed E-state index contributed by atoms with van der Waals surface area (Å²) in [6.45, 7) is 0.0659. The van der Waals surface area contributed by atoms with Crippen molar-refractivity contribution >= 4 is 47.3 Å². The number of urea groups is 1. The van der Waals surface area contributed by atoms with E-state index in [0.717, 1.165) is 16.0 Å². The molecule has 31 heavy (non-hydrogen) atoms. The number of carbonyl (C=O) groups excluding carboxylic acids is 3. The molecule has 0 aliphatic carbocycles. The smallest absolute Gasteiger partial charge is 0.331 e. The molecule has 8 heteroatoms. The van der Waals surface area contributed by atoms with Gasteiger partial charge in [-0.25, -0.2) is 4.79 Å². The van der Waals surface area contributed by atoms with E-state index in [4.69, 9.17) is 16.0 Å². The molecule has 2 heterocycles. The highest BCUT2D eigenvalue weighted by molar-refractivity contribution is 7.98. The number of nitrogens with zero attached hydrogens (tertiary/aromatic N) is 1. The molecule has 4 amide bonds. The van der Waals surface area contributed by atoms with Crippen LogP contribution in [0.4, 0.5) is 4.79 Å². The highest BCUT2D eigenvalue weighted by Gasteiger charge is 2.35. The van der Waals surface area contributed by atoms with Crippen molar-refractivity contribution in [2.45, 2.75) is 17.4 Å². The summed E-state index contributed by atoms with van der Waals surface area (Å²) in [4.78, 5) is 38.3. The Morgan fingerprint density at radius 1 is 0.935 bits per heavy atom. The van der Waals surface area contributed by atoms with Crippen LogP contribution in [0.15, 0.2) is 81.8 Å². The first kappa shape index (κ1) is 21.0. The molecule has 1 fully saturated rings. The van der Waals surface area contributed by atoms with Gasteiger partial charge in [0.2, 0.25) is 0 Å². The van der Waals surface area contributed by atoms with Crippen molar-refractivity contribution in [1.82, 2.24) is 10.2 Å². The molecule has 0 unspecified atom stereocenters. The number of imide groups is 2. The normalized spacial score (nSPS) is 15.5. The van der Waals surface area contributed by atoms with Gasteiger partial charge in [-0.1, -0.05) is 65.8 Å². The van der Waals surface area contributed by atoms with E-state index in [2.05, 4.69) is 5.32 Å². The largest absolute Gasteiger partial charge is 0.450 e. The van der Waals surface area contributed by atoms with E-state index < -0.39 is 17.8 Å². The molecular formula is C23H17ClN2O4S. The van der Waals surface area contributed by atoms with Crippen molar-refractivity contribution in [2.75, 3.05) is 0 Å². The van der Waals surface area contributed by atoms with Crippen molar-refractivity contribution in [2.24, 2.45) is 0 Å². The lowest BCUT2D eigenvalue weighted by Crippen LogP contribution is -2.53. The number of furan rings is 1. The SMILES string of the molecule is O=C1NC(=O)N(Cc2ccccc2)C(=O)C1=Cc1ccc(SCc2ccc(Cl)cc2)o1. The minimum atomic E-state index is -0.744. The summed E-state index contributed by atoms with van der Waals surface area (Å²) in [6, 6.07) is 19.3. The molecule has 4 rings (SSSR count). The first-order valence-corrected chi connectivity index (χ1v) is 10.8. The van der Waals surface area contributed by atoms with E-state index >= 15 is 0 Å². The van der Waals surface area contributed by atoms with Gasteiger partial charge in [-0.15, -0.1) is 0 Å². The molecule has 0 radical (unpaired) electrons. The standard InChI is InChI=1S/C23H17ClN2O4S/c24-17-8-6-16(7-9-17)14-31-20-11-10-18(30-20)12-19-21(27)25-23(29)26(22(19)28)13-15-4-2-1-3-5-15/h1-12H,13-14H2,(H,25,27,29). The van der Waals surface area contributed by atoms with Crippen LogP contribution in [-0.2, 0) is 21.9 Å². The summed E-state index contributed by atoms with van der Waals surface area (Å²) >= 11 is 7.37. The van der Waals surface area contributed by atoms with Gasteiger partial charge in [-0.05, 0) is 41.5 Å². The van der Waals surface area contributed by atoms with Crippen molar-refractivity contribution in [3.63, 3.8) is 0 Å². The zero-order valence-electron chi connectivity index (χ0n) is 16.2. The van der Waals surface area contributed by atoms with E-state index in [0.29, 0.717) is 21.6 Å². The molecule has 0 atom stereocenters. The maximum Gasteiger partial charge on any atom is 0.331 e. The van der Waals surface area contributed by atoms with Gasteiger partial charge in [-0.3, -0.25) is 19.8 Å². The Kier molecular flexibility index (Phi) is 6.25. The second-order valence-corrected chi connectivity index (χ2v) is 8.18. The third-order valence-electron chi connectivity index (χ3n) is 4.55. The van der Waals surface area contributed by atoms with Gasteiger partial charge >= 0.3 is 6.03 Å². The molecule has 3 aromatic rings. The second-order valence-electron chi connectivity index (χ2n) is 6.77. The monoisotopic (exact) mass is 452 g/mol. The molecule has 1 aromatic heterocycles. The van der Waals surface area contributed by atoms with E-state index in [1.165, 1.54) is 17.8 Å². The molecule has 0 spiro atoms. The molecular weight excluding hydrogens is 436 g/mol. The fraction of sp³-hybridized carbons (Fsp3) is 0.0870. The summed E-state index contributed by atoms with van der Waals surface area (Å²) in [6.07, 6.45) is 1.36. The molecule has 0 saturated carbocycles. The molecule has 156 valence electrons. The van der Waals surface area contributed by atoms with Crippen LogP contribution in [0.2, 0.25) is 5.02 Å². The molecule has 1 aliphatic rings. The first-order valence-electron chi connectivity index (χ1n) is 9.39. The van der Waals surface area contributed by atoms with Gasteiger partial charge in [0.1, 0.15) is 11.3 Å². The number of halogens is 1. The Morgan fingerprint density at radius 3 is 2.42 bits per heavy atom. The maximum absolute atomic E-state index is 12.8. The first-order chi connectivity index (χ1) is 15.0. The van der Waals surface area contributed by atoms with Gasteiger partial charge in [0.15, 0.2) is 5.09 Å².